The second kappa shape index (κ2) is 4.78. The van der Waals surface area contributed by atoms with Crippen molar-refractivity contribution in [3.05, 3.63) is 21.4 Å². The van der Waals surface area contributed by atoms with Crippen LogP contribution in [0.15, 0.2) is 6.07 Å². The van der Waals surface area contributed by atoms with Crippen molar-refractivity contribution in [1.82, 2.24) is 4.90 Å². The lowest BCUT2D eigenvalue weighted by Gasteiger charge is -2.20. The van der Waals surface area contributed by atoms with Crippen LogP contribution in [-0.4, -0.2) is 29.9 Å². The van der Waals surface area contributed by atoms with Crippen LogP contribution in [0.2, 0.25) is 0 Å². The highest BCUT2D eigenvalue weighted by Crippen LogP contribution is 2.27. The van der Waals surface area contributed by atoms with Gasteiger partial charge in [-0.1, -0.05) is 0 Å². The Balaban J connectivity index is 2.15. The highest BCUT2D eigenvalue weighted by Gasteiger charge is 2.32. The summed E-state index contributed by atoms with van der Waals surface area (Å²) < 4.78 is 0. The number of hydrogen-bond donors (Lipinski definition) is 1. The first-order valence-corrected chi connectivity index (χ1v) is 6.92. The summed E-state index contributed by atoms with van der Waals surface area (Å²) in [5.41, 5.74) is 6.90. The van der Waals surface area contributed by atoms with Gasteiger partial charge < -0.3 is 10.6 Å². The summed E-state index contributed by atoms with van der Waals surface area (Å²) in [6.07, 6.45) is 1.03. The molecule has 1 aromatic heterocycles. The molecular weight excluding hydrogens is 232 g/mol. The molecule has 4 heteroatoms. The summed E-state index contributed by atoms with van der Waals surface area (Å²) in [5, 5.41) is 0. The van der Waals surface area contributed by atoms with Crippen molar-refractivity contribution in [2.45, 2.75) is 33.2 Å². The van der Waals surface area contributed by atoms with Gasteiger partial charge in [-0.3, -0.25) is 4.79 Å². The van der Waals surface area contributed by atoms with E-state index in [0.29, 0.717) is 18.5 Å². The molecule has 1 aromatic rings. The fraction of sp³-hybridized carbons (Fsp3) is 0.615. The third kappa shape index (κ3) is 2.38. The van der Waals surface area contributed by atoms with Gasteiger partial charge in [0, 0.05) is 17.5 Å². The van der Waals surface area contributed by atoms with Gasteiger partial charge in [-0.25, -0.2) is 0 Å². The molecule has 94 valence electrons. The molecule has 2 rings (SSSR count). The van der Waals surface area contributed by atoms with E-state index in [1.165, 1.54) is 10.4 Å². The summed E-state index contributed by atoms with van der Waals surface area (Å²) in [6.45, 7) is 7.72. The van der Waals surface area contributed by atoms with Crippen molar-refractivity contribution >= 4 is 17.2 Å². The predicted octanol–water partition coefficient (Wildman–Crippen LogP) is 2.17. The minimum Gasteiger partial charge on any atom is -0.335 e. The molecule has 3 nitrogen and oxygen atoms in total. The average molecular weight is 252 g/mol. The molecular formula is C13H20N2OS. The number of likely N-dealkylation sites (tertiary alicyclic amines) is 1. The van der Waals surface area contributed by atoms with Crippen LogP contribution in [0, 0.1) is 19.8 Å². The van der Waals surface area contributed by atoms with Crippen molar-refractivity contribution < 1.29 is 4.79 Å². The van der Waals surface area contributed by atoms with Crippen LogP contribution < -0.4 is 5.73 Å². The number of nitrogens with zero attached hydrogens (tertiary/aromatic N) is 1. The van der Waals surface area contributed by atoms with Gasteiger partial charge in [0.1, 0.15) is 0 Å². The molecule has 1 aliphatic rings. The topological polar surface area (TPSA) is 46.3 Å². The maximum absolute atomic E-state index is 12.4. The molecule has 17 heavy (non-hydrogen) atoms. The SMILES string of the molecule is Cc1cc(C(=O)N2CC(CN)CC2C)sc1C. The number of thiophene rings is 1. The molecule has 0 aromatic carbocycles. The Hall–Kier alpha value is -0.870. The molecule has 2 atom stereocenters. The fourth-order valence-corrected chi connectivity index (χ4v) is 3.41. The monoisotopic (exact) mass is 252 g/mol. The standard InChI is InChI=1S/C13H20N2OS/c1-8-4-12(17-10(8)3)13(16)15-7-11(6-14)5-9(15)2/h4,9,11H,5-7,14H2,1-3H3. The van der Waals surface area contributed by atoms with E-state index in [4.69, 9.17) is 5.73 Å². The lowest BCUT2D eigenvalue weighted by Crippen LogP contribution is -2.33. The molecule has 0 bridgehead atoms. The van der Waals surface area contributed by atoms with Gasteiger partial charge >= 0.3 is 0 Å². The van der Waals surface area contributed by atoms with E-state index >= 15 is 0 Å². The number of hydrogen-bond acceptors (Lipinski definition) is 3. The third-order valence-corrected chi connectivity index (χ3v) is 4.77. The lowest BCUT2D eigenvalue weighted by atomic mass is 10.1. The van der Waals surface area contributed by atoms with Crippen molar-refractivity contribution in [2.75, 3.05) is 13.1 Å². The van der Waals surface area contributed by atoms with E-state index in [1.807, 2.05) is 11.0 Å². The Bertz CT molecular complexity index is 408. The molecule has 1 saturated heterocycles. The first-order valence-electron chi connectivity index (χ1n) is 6.11. The lowest BCUT2D eigenvalue weighted by molar-refractivity contribution is 0.0748. The fourth-order valence-electron chi connectivity index (χ4n) is 2.42. The largest absolute Gasteiger partial charge is 0.335 e. The number of rotatable bonds is 2. The predicted molar refractivity (Wildman–Crippen MR) is 71.5 cm³/mol. The molecule has 2 N–H and O–H groups in total. The number of nitrogens with two attached hydrogens (primary N) is 1. The van der Waals surface area contributed by atoms with Gasteiger partial charge in [0.25, 0.3) is 5.91 Å². The van der Waals surface area contributed by atoms with Gasteiger partial charge in [-0.2, -0.15) is 0 Å². The first-order chi connectivity index (χ1) is 8.02. The Morgan fingerprint density at radius 3 is 2.76 bits per heavy atom. The summed E-state index contributed by atoms with van der Waals surface area (Å²) in [7, 11) is 0. The van der Waals surface area contributed by atoms with Gasteiger partial charge in [0.05, 0.1) is 4.88 Å². The van der Waals surface area contributed by atoms with Crippen molar-refractivity contribution in [3.8, 4) is 0 Å². The van der Waals surface area contributed by atoms with Crippen LogP contribution in [0.4, 0.5) is 0 Å². The number of amides is 1. The Morgan fingerprint density at radius 1 is 1.59 bits per heavy atom. The van der Waals surface area contributed by atoms with Crippen molar-refractivity contribution in [3.63, 3.8) is 0 Å². The molecule has 2 unspecified atom stereocenters. The summed E-state index contributed by atoms with van der Waals surface area (Å²) in [4.78, 5) is 16.5. The van der Waals surface area contributed by atoms with Crippen molar-refractivity contribution in [2.24, 2.45) is 11.7 Å². The van der Waals surface area contributed by atoms with Gasteiger partial charge in [-0.05, 0) is 51.3 Å². The Morgan fingerprint density at radius 2 is 2.29 bits per heavy atom. The quantitative estimate of drug-likeness (QED) is 0.877. The molecule has 0 radical (unpaired) electrons. The number of carbonyl (C=O) groups excluding carboxylic acids is 1. The van der Waals surface area contributed by atoms with Crippen LogP contribution in [0.3, 0.4) is 0 Å². The van der Waals surface area contributed by atoms with Crippen LogP contribution in [-0.2, 0) is 0 Å². The normalized spacial score (nSPS) is 24.4. The van der Waals surface area contributed by atoms with Crippen molar-refractivity contribution in [1.29, 1.82) is 0 Å². The summed E-state index contributed by atoms with van der Waals surface area (Å²) in [5.74, 6) is 0.644. The van der Waals surface area contributed by atoms with Gasteiger partial charge in [0.15, 0.2) is 0 Å². The van der Waals surface area contributed by atoms with E-state index in [2.05, 4.69) is 20.8 Å². The molecule has 0 aliphatic carbocycles. The zero-order chi connectivity index (χ0) is 12.6. The van der Waals surface area contributed by atoms with Gasteiger partial charge in [0.2, 0.25) is 0 Å². The van der Waals surface area contributed by atoms with Crippen LogP contribution in [0.25, 0.3) is 0 Å². The first kappa shape index (κ1) is 12.6. The molecule has 0 saturated carbocycles. The molecule has 1 aliphatic heterocycles. The van der Waals surface area contributed by atoms with Gasteiger partial charge in [-0.15, -0.1) is 11.3 Å². The molecule has 2 heterocycles. The Labute approximate surface area is 107 Å². The highest BCUT2D eigenvalue weighted by atomic mass is 32.1. The smallest absolute Gasteiger partial charge is 0.264 e. The number of carbonyl (C=O) groups is 1. The maximum Gasteiger partial charge on any atom is 0.264 e. The van der Waals surface area contributed by atoms with E-state index in [-0.39, 0.29) is 5.91 Å². The zero-order valence-electron chi connectivity index (χ0n) is 10.7. The third-order valence-electron chi connectivity index (χ3n) is 3.63. The zero-order valence-corrected chi connectivity index (χ0v) is 11.5. The Kier molecular flexibility index (Phi) is 3.54. The molecule has 1 fully saturated rings. The average Bonchev–Trinajstić information content (AvgIpc) is 2.82. The molecule has 0 spiro atoms. The molecule has 1 amide bonds. The minimum absolute atomic E-state index is 0.176. The van der Waals surface area contributed by atoms with Crippen LogP contribution in [0.1, 0.15) is 33.5 Å². The summed E-state index contributed by atoms with van der Waals surface area (Å²) >= 11 is 1.60. The van der Waals surface area contributed by atoms with E-state index in [1.54, 1.807) is 11.3 Å². The second-order valence-corrected chi connectivity index (χ2v) is 6.25. The minimum atomic E-state index is 0.176. The number of aryl methyl sites for hydroxylation is 2. The summed E-state index contributed by atoms with van der Waals surface area (Å²) in [6, 6.07) is 2.32. The van der Waals surface area contributed by atoms with E-state index in [0.717, 1.165) is 17.8 Å². The van der Waals surface area contributed by atoms with Crippen LogP contribution >= 0.6 is 11.3 Å². The highest BCUT2D eigenvalue weighted by molar-refractivity contribution is 7.14. The second-order valence-electron chi connectivity index (χ2n) is 4.99. The van der Waals surface area contributed by atoms with E-state index < -0.39 is 0 Å². The van der Waals surface area contributed by atoms with Crippen LogP contribution in [0.5, 0.6) is 0 Å². The van der Waals surface area contributed by atoms with E-state index in [9.17, 15) is 4.79 Å². The maximum atomic E-state index is 12.4.